The van der Waals surface area contributed by atoms with Crippen molar-refractivity contribution in [1.29, 1.82) is 0 Å². The highest BCUT2D eigenvalue weighted by Crippen LogP contribution is 2.23. The third kappa shape index (κ3) is 5.23. The Kier molecular flexibility index (Phi) is 7.06. The second-order valence-electron chi connectivity index (χ2n) is 6.22. The number of hydrogen-bond donors (Lipinski definition) is 1. The highest BCUT2D eigenvalue weighted by Gasteiger charge is 2.25. The van der Waals surface area contributed by atoms with Crippen molar-refractivity contribution in [3.8, 4) is 0 Å². The fraction of sp³-hybridized carbons (Fsp3) is 0.300. The van der Waals surface area contributed by atoms with Crippen molar-refractivity contribution in [2.24, 2.45) is 0 Å². The summed E-state index contributed by atoms with van der Waals surface area (Å²) < 4.78 is 0. The molecule has 2 rings (SSSR count). The largest absolute Gasteiger partial charge is 0.357 e. The molecule has 0 spiro atoms. The number of carbonyl (C=O) groups excluding carboxylic acids is 2. The molecule has 1 atom stereocenters. The Morgan fingerprint density at radius 2 is 1.65 bits per heavy atom. The Balaban J connectivity index is 2.23. The number of carbonyl (C=O) groups is 2. The Labute approximate surface area is 164 Å². The van der Waals surface area contributed by atoms with Crippen LogP contribution in [0, 0.1) is 6.92 Å². The highest BCUT2D eigenvalue weighted by molar-refractivity contribution is 6.42. The molecule has 0 aliphatic heterocycles. The normalized spacial score (nSPS) is 11.7. The molecule has 0 saturated carbocycles. The van der Waals surface area contributed by atoms with E-state index >= 15 is 0 Å². The van der Waals surface area contributed by atoms with Crippen LogP contribution in [-0.4, -0.2) is 29.8 Å². The van der Waals surface area contributed by atoms with Gasteiger partial charge in [0.2, 0.25) is 11.8 Å². The molecule has 2 aromatic carbocycles. The van der Waals surface area contributed by atoms with Gasteiger partial charge in [-0.3, -0.25) is 9.59 Å². The van der Waals surface area contributed by atoms with E-state index in [0.29, 0.717) is 16.6 Å². The van der Waals surface area contributed by atoms with Crippen molar-refractivity contribution in [2.45, 2.75) is 32.9 Å². The standard InChI is InChI=1S/C20H22Cl2N2O2/c1-13-4-6-15(7-5-13)12-24(14(2)20(26)23-3)19(25)11-16-8-9-17(21)18(22)10-16/h4-10,14H,11-12H2,1-3H3,(H,23,26)/t14-/m1/s1. The van der Waals surface area contributed by atoms with Gasteiger partial charge in [0.1, 0.15) is 6.04 Å². The lowest BCUT2D eigenvalue weighted by molar-refractivity contribution is -0.139. The van der Waals surface area contributed by atoms with Crippen LogP contribution in [0.3, 0.4) is 0 Å². The van der Waals surface area contributed by atoms with E-state index in [0.717, 1.165) is 16.7 Å². The van der Waals surface area contributed by atoms with E-state index in [9.17, 15) is 9.59 Å². The first kappa shape index (κ1) is 20.3. The number of nitrogens with zero attached hydrogens (tertiary/aromatic N) is 1. The summed E-state index contributed by atoms with van der Waals surface area (Å²) >= 11 is 12.0. The SMILES string of the molecule is CNC(=O)[C@@H](C)N(Cc1ccc(C)cc1)C(=O)Cc1ccc(Cl)c(Cl)c1. The van der Waals surface area contributed by atoms with Crippen LogP contribution in [0.15, 0.2) is 42.5 Å². The van der Waals surface area contributed by atoms with Gasteiger partial charge in [-0.1, -0.05) is 59.1 Å². The average Bonchev–Trinajstić information content (AvgIpc) is 2.63. The molecule has 0 aliphatic rings. The quantitative estimate of drug-likeness (QED) is 0.806. The van der Waals surface area contributed by atoms with Gasteiger partial charge in [-0.05, 0) is 37.1 Å². The second-order valence-corrected chi connectivity index (χ2v) is 7.04. The van der Waals surface area contributed by atoms with Crippen molar-refractivity contribution in [1.82, 2.24) is 10.2 Å². The molecule has 1 N–H and O–H groups in total. The van der Waals surface area contributed by atoms with Gasteiger partial charge in [0.15, 0.2) is 0 Å². The molecule has 0 bridgehead atoms. The number of benzene rings is 2. The van der Waals surface area contributed by atoms with Crippen LogP contribution >= 0.6 is 23.2 Å². The number of halogens is 2. The van der Waals surface area contributed by atoms with Crippen LogP contribution in [0.25, 0.3) is 0 Å². The van der Waals surface area contributed by atoms with Gasteiger partial charge < -0.3 is 10.2 Å². The predicted octanol–water partition coefficient (Wildman–Crippen LogP) is 4.01. The maximum Gasteiger partial charge on any atom is 0.242 e. The monoisotopic (exact) mass is 392 g/mol. The van der Waals surface area contributed by atoms with E-state index in [4.69, 9.17) is 23.2 Å². The molecule has 0 heterocycles. The summed E-state index contributed by atoms with van der Waals surface area (Å²) in [5, 5.41) is 3.45. The van der Waals surface area contributed by atoms with Crippen molar-refractivity contribution in [2.75, 3.05) is 7.05 Å². The molecule has 2 amide bonds. The molecule has 0 saturated heterocycles. The summed E-state index contributed by atoms with van der Waals surface area (Å²) in [6, 6.07) is 12.4. The van der Waals surface area contributed by atoms with E-state index in [-0.39, 0.29) is 18.2 Å². The predicted molar refractivity (Wildman–Crippen MR) is 105 cm³/mol. The number of nitrogens with one attached hydrogen (secondary N) is 1. The zero-order valence-electron chi connectivity index (χ0n) is 15.1. The Morgan fingerprint density at radius 3 is 2.23 bits per heavy atom. The summed E-state index contributed by atoms with van der Waals surface area (Å²) in [5.74, 6) is -0.361. The Morgan fingerprint density at radius 1 is 1.04 bits per heavy atom. The molecule has 0 aliphatic carbocycles. The average molecular weight is 393 g/mol. The van der Waals surface area contributed by atoms with Crippen LogP contribution in [0.1, 0.15) is 23.6 Å². The Hall–Kier alpha value is -2.04. The minimum Gasteiger partial charge on any atom is -0.357 e. The first-order valence-electron chi connectivity index (χ1n) is 8.32. The molecule has 0 unspecified atom stereocenters. The van der Waals surface area contributed by atoms with Crippen molar-refractivity contribution >= 4 is 35.0 Å². The minimum atomic E-state index is -0.587. The third-order valence-electron chi connectivity index (χ3n) is 4.23. The van der Waals surface area contributed by atoms with Crippen LogP contribution < -0.4 is 5.32 Å². The van der Waals surface area contributed by atoms with E-state index in [1.807, 2.05) is 31.2 Å². The molecule has 0 radical (unpaired) electrons. The summed E-state index contributed by atoms with van der Waals surface area (Å²) in [4.78, 5) is 26.6. The molecule has 2 aromatic rings. The van der Waals surface area contributed by atoms with Crippen LogP contribution in [0.2, 0.25) is 10.0 Å². The van der Waals surface area contributed by atoms with Crippen LogP contribution in [-0.2, 0) is 22.6 Å². The van der Waals surface area contributed by atoms with Gasteiger partial charge in [0.05, 0.1) is 16.5 Å². The lowest BCUT2D eigenvalue weighted by Gasteiger charge is -2.28. The summed E-state index contributed by atoms with van der Waals surface area (Å²) in [6.45, 7) is 4.08. The van der Waals surface area contributed by atoms with Gasteiger partial charge in [-0.15, -0.1) is 0 Å². The minimum absolute atomic E-state index is 0.143. The van der Waals surface area contributed by atoms with E-state index in [1.54, 1.807) is 37.1 Å². The lowest BCUT2D eigenvalue weighted by Crippen LogP contribution is -2.47. The van der Waals surface area contributed by atoms with Gasteiger partial charge in [0, 0.05) is 13.6 Å². The van der Waals surface area contributed by atoms with Crippen molar-refractivity contribution in [3.63, 3.8) is 0 Å². The maximum absolute atomic E-state index is 12.9. The smallest absolute Gasteiger partial charge is 0.242 e. The highest BCUT2D eigenvalue weighted by atomic mass is 35.5. The van der Waals surface area contributed by atoms with Gasteiger partial charge in [-0.25, -0.2) is 0 Å². The first-order chi connectivity index (χ1) is 12.3. The van der Waals surface area contributed by atoms with Gasteiger partial charge >= 0.3 is 0 Å². The molecular weight excluding hydrogens is 371 g/mol. The van der Waals surface area contributed by atoms with Gasteiger partial charge in [-0.2, -0.15) is 0 Å². The summed E-state index contributed by atoms with van der Waals surface area (Å²) in [5.41, 5.74) is 2.86. The number of amides is 2. The number of hydrogen-bond acceptors (Lipinski definition) is 2. The molecule has 0 aromatic heterocycles. The van der Waals surface area contributed by atoms with Crippen LogP contribution in [0.4, 0.5) is 0 Å². The molecule has 0 fully saturated rings. The molecule has 138 valence electrons. The number of aryl methyl sites for hydroxylation is 1. The van der Waals surface area contributed by atoms with E-state index < -0.39 is 6.04 Å². The molecule has 4 nitrogen and oxygen atoms in total. The Bertz CT molecular complexity index is 791. The third-order valence-corrected chi connectivity index (χ3v) is 4.97. The van der Waals surface area contributed by atoms with Crippen LogP contribution in [0.5, 0.6) is 0 Å². The fourth-order valence-corrected chi connectivity index (χ4v) is 2.93. The van der Waals surface area contributed by atoms with E-state index in [2.05, 4.69) is 5.32 Å². The molecular formula is C20H22Cl2N2O2. The van der Waals surface area contributed by atoms with Crippen molar-refractivity contribution in [3.05, 3.63) is 69.2 Å². The molecule has 26 heavy (non-hydrogen) atoms. The van der Waals surface area contributed by atoms with E-state index in [1.165, 1.54) is 0 Å². The summed E-state index contributed by atoms with van der Waals surface area (Å²) in [7, 11) is 1.56. The summed E-state index contributed by atoms with van der Waals surface area (Å²) in [6.07, 6.45) is 0.143. The number of rotatable bonds is 6. The zero-order chi connectivity index (χ0) is 19.3. The lowest BCUT2D eigenvalue weighted by atomic mass is 10.1. The van der Waals surface area contributed by atoms with Gasteiger partial charge in [0.25, 0.3) is 0 Å². The zero-order valence-corrected chi connectivity index (χ0v) is 16.6. The topological polar surface area (TPSA) is 49.4 Å². The fourth-order valence-electron chi connectivity index (χ4n) is 2.61. The molecule has 6 heteroatoms. The maximum atomic E-state index is 12.9. The number of likely N-dealkylation sites (N-methyl/N-ethyl adjacent to an activating group) is 1. The second kappa shape index (κ2) is 9.06. The first-order valence-corrected chi connectivity index (χ1v) is 9.08. The van der Waals surface area contributed by atoms with Crippen molar-refractivity contribution < 1.29 is 9.59 Å².